The van der Waals surface area contributed by atoms with Gasteiger partial charge in [-0.15, -0.1) is 0 Å². The molecule has 0 saturated carbocycles. The average Bonchev–Trinajstić information content (AvgIpc) is 3.45. The molecule has 3 aromatic rings. The third-order valence-corrected chi connectivity index (χ3v) is 7.84. The fourth-order valence-corrected chi connectivity index (χ4v) is 5.65. The van der Waals surface area contributed by atoms with Crippen molar-refractivity contribution in [2.75, 3.05) is 13.4 Å². The van der Waals surface area contributed by atoms with Crippen LogP contribution in [0.1, 0.15) is 28.4 Å². The van der Waals surface area contributed by atoms with E-state index in [9.17, 15) is 14.4 Å². The highest BCUT2D eigenvalue weighted by Gasteiger charge is 2.36. The maximum atomic E-state index is 13.2. The minimum Gasteiger partial charge on any atom is -0.490 e. The largest absolute Gasteiger partial charge is 0.490 e. The predicted molar refractivity (Wildman–Crippen MR) is 151 cm³/mol. The van der Waals surface area contributed by atoms with E-state index < -0.39 is 17.1 Å². The summed E-state index contributed by atoms with van der Waals surface area (Å²) in [6.07, 6.45) is 1.57. The van der Waals surface area contributed by atoms with Crippen molar-refractivity contribution in [1.29, 1.82) is 0 Å². The van der Waals surface area contributed by atoms with Gasteiger partial charge in [-0.1, -0.05) is 35.3 Å². The molecule has 1 saturated heterocycles. The lowest BCUT2D eigenvalue weighted by molar-refractivity contribution is -0.123. The van der Waals surface area contributed by atoms with E-state index >= 15 is 0 Å². The van der Waals surface area contributed by atoms with Crippen LogP contribution >= 0.6 is 50.9 Å². The number of imide groups is 1. The molecule has 0 N–H and O–H groups in total. The molecule has 8 nitrogen and oxygen atoms in total. The van der Waals surface area contributed by atoms with Crippen LogP contribution in [0.5, 0.6) is 23.0 Å². The van der Waals surface area contributed by atoms with Crippen molar-refractivity contribution < 1.29 is 33.3 Å². The Kier molecular flexibility index (Phi) is 8.08. The summed E-state index contributed by atoms with van der Waals surface area (Å²) < 4.78 is 22.4. The van der Waals surface area contributed by atoms with Crippen LogP contribution in [0.4, 0.5) is 4.79 Å². The minimum atomic E-state index is -0.654. The van der Waals surface area contributed by atoms with E-state index in [1.54, 1.807) is 61.5 Å². The molecule has 0 spiro atoms. The summed E-state index contributed by atoms with van der Waals surface area (Å²) in [5.74, 6) is 0.310. The Morgan fingerprint density at radius 2 is 1.85 bits per heavy atom. The van der Waals surface area contributed by atoms with Gasteiger partial charge >= 0.3 is 5.97 Å². The summed E-state index contributed by atoms with van der Waals surface area (Å²) >= 11 is 16.7. The van der Waals surface area contributed by atoms with Crippen LogP contribution in [0.3, 0.4) is 0 Å². The Bertz CT molecular complexity index is 1540. The molecule has 0 bridgehead atoms. The first-order chi connectivity index (χ1) is 18.7. The number of benzene rings is 3. The van der Waals surface area contributed by atoms with Gasteiger partial charge in [0, 0.05) is 11.1 Å². The highest BCUT2D eigenvalue weighted by atomic mass is 79.9. The standard InChI is InChI=1S/C27H18BrCl2NO7S/c1-2-35-22-8-14(7-17(28)24(22)38-26(33)16-5-3-4-6-18(16)29)9-23-25(32)31(27(34)39-23)12-15-10-20-21(11-19(15)30)37-13-36-20/h3-11H,2,12-13H2,1H3/b23-9-. The number of hydrogen-bond acceptors (Lipinski definition) is 8. The van der Waals surface area contributed by atoms with Crippen molar-refractivity contribution >= 4 is 74.1 Å². The summed E-state index contributed by atoms with van der Waals surface area (Å²) in [6, 6.07) is 13.1. The first-order valence-corrected chi connectivity index (χ1v) is 13.9. The van der Waals surface area contributed by atoms with E-state index in [-0.39, 0.29) is 40.3 Å². The summed E-state index contributed by atoms with van der Waals surface area (Å²) in [6.45, 7) is 2.13. The Morgan fingerprint density at radius 1 is 1.10 bits per heavy atom. The van der Waals surface area contributed by atoms with E-state index in [0.29, 0.717) is 38.7 Å². The SMILES string of the molecule is CCOc1cc(/C=C2\SC(=O)N(Cc3cc4c(cc3Cl)OCO4)C2=O)cc(Br)c1OC(=O)c1ccccc1Cl. The zero-order chi connectivity index (χ0) is 27.7. The molecule has 2 heterocycles. The highest BCUT2D eigenvalue weighted by Crippen LogP contribution is 2.41. The van der Waals surface area contributed by atoms with Crippen LogP contribution in [0.15, 0.2) is 57.9 Å². The monoisotopic (exact) mass is 649 g/mol. The van der Waals surface area contributed by atoms with Gasteiger partial charge in [-0.3, -0.25) is 14.5 Å². The fourth-order valence-electron chi connectivity index (χ4n) is 3.85. The van der Waals surface area contributed by atoms with Crippen molar-refractivity contribution in [3.8, 4) is 23.0 Å². The topological polar surface area (TPSA) is 91.4 Å². The van der Waals surface area contributed by atoms with E-state index in [0.717, 1.165) is 16.7 Å². The summed E-state index contributed by atoms with van der Waals surface area (Å²) in [5, 5.41) is 0.176. The predicted octanol–water partition coefficient (Wildman–Crippen LogP) is 7.34. The zero-order valence-electron chi connectivity index (χ0n) is 20.2. The molecule has 5 rings (SSSR count). The number of esters is 1. The van der Waals surface area contributed by atoms with Crippen LogP contribution in [0.2, 0.25) is 10.0 Å². The van der Waals surface area contributed by atoms with Gasteiger partial charge in [-0.25, -0.2) is 4.79 Å². The first-order valence-electron chi connectivity index (χ1n) is 11.5. The van der Waals surface area contributed by atoms with Crippen molar-refractivity contribution in [3.63, 3.8) is 0 Å². The van der Waals surface area contributed by atoms with Crippen molar-refractivity contribution in [3.05, 3.63) is 84.6 Å². The normalized spacial score (nSPS) is 15.3. The van der Waals surface area contributed by atoms with Gasteiger partial charge in [0.05, 0.1) is 33.1 Å². The summed E-state index contributed by atoms with van der Waals surface area (Å²) in [7, 11) is 0. The number of thioether (sulfide) groups is 1. The highest BCUT2D eigenvalue weighted by molar-refractivity contribution is 9.10. The van der Waals surface area contributed by atoms with Gasteiger partial charge in [-0.05, 0) is 82.2 Å². The quantitative estimate of drug-likeness (QED) is 0.149. The third-order valence-electron chi connectivity index (χ3n) is 5.66. The Morgan fingerprint density at radius 3 is 2.59 bits per heavy atom. The van der Waals surface area contributed by atoms with Crippen molar-refractivity contribution in [2.45, 2.75) is 13.5 Å². The lowest BCUT2D eigenvalue weighted by Crippen LogP contribution is -2.27. The number of ether oxygens (including phenoxy) is 4. The molecular weight excluding hydrogens is 633 g/mol. The van der Waals surface area contributed by atoms with Gasteiger partial charge in [0.1, 0.15) is 0 Å². The Balaban J connectivity index is 1.39. The molecule has 2 aliphatic heterocycles. The molecular formula is C27H18BrCl2NO7S. The Labute approximate surface area is 245 Å². The Hall–Kier alpha value is -3.18. The number of carbonyl (C=O) groups is 3. The second kappa shape index (κ2) is 11.5. The molecule has 0 unspecified atom stereocenters. The van der Waals surface area contributed by atoms with Gasteiger partial charge < -0.3 is 18.9 Å². The molecule has 0 radical (unpaired) electrons. The van der Waals surface area contributed by atoms with Gasteiger partial charge in [0.2, 0.25) is 6.79 Å². The molecule has 0 atom stereocenters. The number of carbonyl (C=O) groups excluding carboxylic acids is 3. The van der Waals surface area contributed by atoms with Gasteiger partial charge in [0.25, 0.3) is 11.1 Å². The fraction of sp³-hybridized carbons (Fsp3) is 0.148. The number of hydrogen-bond donors (Lipinski definition) is 0. The molecule has 12 heteroatoms. The zero-order valence-corrected chi connectivity index (χ0v) is 24.1. The molecule has 0 aliphatic carbocycles. The molecule has 3 aromatic carbocycles. The van der Waals surface area contributed by atoms with Crippen LogP contribution < -0.4 is 18.9 Å². The van der Waals surface area contributed by atoms with Crippen molar-refractivity contribution in [1.82, 2.24) is 4.90 Å². The second-order valence-corrected chi connectivity index (χ2v) is 10.9. The van der Waals surface area contributed by atoms with E-state index in [4.69, 9.17) is 42.1 Å². The number of rotatable bonds is 7. The molecule has 39 heavy (non-hydrogen) atoms. The van der Waals surface area contributed by atoms with Crippen molar-refractivity contribution in [2.24, 2.45) is 0 Å². The lowest BCUT2D eigenvalue weighted by Gasteiger charge is -2.15. The average molecular weight is 651 g/mol. The summed E-state index contributed by atoms with van der Waals surface area (Å²) in [4.78, 5) is 40.0. The number of amides is 2. The van der Waals surface area contributed by atoms with Crippen LogP contribution in [0.25, 0.3) is 6.08 Å². The van der Waals surface area contributed by atoms with E-state index in [2.05, 4.69) is 15.9 Å². The lowest BCUT2D eigenvalue weighted by atomic mass is 10.1. The third kappa shape index (κ3) is 5.74. The number of halogens is 3. The molecule has 200 valence electrons. The van der Waals surface area contributed by atoms with Crippen LogP contribution in [0, 0.1) is 0 Å². The molecule has 2 aliphatic rings. The summed E-state index contributed by atoms with van der Waals surface area (Å²) in [5.41, 5.74) is 1.30. The van der Waals surface area contributed by atoms with Gasteiger partial charge in [-0.2, -0.15) is 0 Å². The number of fused-ring (bicyclic) bond motifs is 1. The second-order valence-electron chi connectivity index (χ2n) is 8.20. The van der Waals surface area contributed by atoms with E-state index in [1.807, 2.05) is 0 Å². The smallest absolute Gasteiger partial charge is 0.345 e. The van der Waals surface area contributed by atoms with E-state index in [1.165, 1.54) is 0 Å². The first kappa shape index (κ1) is 27.4. The minimum absolute atomic E-state index is 0.0255. The van der Waals surface area contributed by atoms with Gasteiger partial charge in [0.15, 0.2) is 23.0 Å². The number of nitrogens with zero attached hydrogens (tertiary/aromatic N) is 1. The molecule has 2 amide bonds. The van der Waals surface area contributed by atoms with Crippen LogP contribution in [-0.4, -0.2) is 35.4 Å². The van der Waals surface area contributed by atoms with Crippen LogP contribution in [-0.2, 0) is 11.3 Å². The maximum absolute atomic E-state index is 13.2. The molecule has 1 fully saturated rings. The molecule has 0 aromatic heterocycles. The maximum Gasteiger partial charge on any atom is 0.345 e.